The summed E-state index contributed by atoms with van der Waals surface area (Å²) in [7, 11) is 3.57. The smallest absolute Gasteiger partial charge is 0.0829 e. The second-order valence-corrected chi connectivity index (χ2v) is 4.12. The van der Waals surface area contributed by atoms with Gasteiger partial charge in [-0.05, 0) is 26.3 Å². The fourth-order valence-corrected chi connectivity index (χ4v) is 1.46. The van der Waals surface area contributed by atoms with E-state index in [0.717, 1.165) is 11.3 Å². The molecule has 0 spiro atoms. The molecule has 0 bridgehead atoms. The Bertz CT molecular complexity index is 298. The normalized spacial score (nSPS) is 14.4. The highest BCUT2D eigenvalue weighted by Gasteiger charge is 2.30. The summed E-state index contributed by atoms with van der Waals surface area (Å²) in [6, 6.07) is -0.167. The third kappa shape index (κ3) is 1.81. The van der Waals surface area contributed by atoms with Crippen molar-refractivity contribution >= 4 is 0 Å². The maximum Gasteiger partial charge on any atom is 0.0829 e. The Hall–Kier alpha value is -0.870. The van der Waals surface area contributed by atoms with E-state index >= 15 is 0 Å². The second kappa shape index (κ2) is 3.71. The zero-order valence-corrected chi connectivity index (χ0v) is 9.53. The number of hydrogen-bond donors (Lipinski definition) is 1. The Kier molecular flexibility index (Phi) is 2.97. The molecule has 0 aliphatic carbocycles. The molecule has 1 aromatic heterocycles. The van der Waals surface area contributed by atoms with Crippen LogP contribution in [0.25, 0.3) is 0 Å². The van der Waals surface area contributed by atoms with Crippen LogP contribution in [0.15, 0.2) is 6.20 Å². The van der Waals surface area contributed by atoms with Gasteiger partial charge in [0.15, 0.2) is 0 Å². The zero-order valence-electron chi connectivity index (χ0n) is 9.53. The summed E-state index contributed by atoms with van der Waals surface area (Å²) in [5.74, 6) is 0. The van der Waals surface area contributed by atoms with Crippen molar-refractivity contribution in [1.82, 2.24) is 9.78 Å². The number of ether oxygens (including phenoxy) is 1. The molecule has 14 heavy (non-hydrogen) atoms. The number of nitrogens with two attached hydrogens (primary N) is 1. The highest BCUT2D eigenvalue weighted by atomic mass is 16.5. The van der Waals surface area contributed by atoms with E-state index in [1.807, 2.05) is 34.0 Å². The van der Waals surface area contributed by atoms with Gasteiger partial charge in [-0.2, -0.15) is 5.10 Å². The molecule has 0 saturated carbocycles. The number of methoxy groups -OCH3 is 1. The van der Waals surface area contributed by atoms with Gasteiger partial charge in [0.1, 0.15) is 0 Å². The Balaban J connectivity index is 3.06. The van der Waals surface area contributed by atoms with Crippen LogP contribution < -0.4 is 5.73 Å². The molecule has 4 nitrogen and oxygen atoms in total. The predicted octanol–water partition coefficient (Wildman–Crippen LogP) is 1.15. The highest BCUT2D eigenvalue weighted by molar-refractivity contribution is 5.21. The van der Waals surface area contributed by atoms with Gasteiger partial charge in [0, 0.05) is 14.2 Å². The Morgan fingerprint density at radius 3 is 2.50 bits per heavy atom. The summed E-state index contributed by atoms with van der Waals surface area (Å²) in [5, 5.41) is 4.17. The first-order chi connectivity index (χ1) is 6.40. The molecule has 2 N–H and O–H groups in total. The van der Waals surface area contributed by atoms with Crippen molar-refractivity contribution in [3.63, 3.8) is 0 Å². The topological polar surface area (TPSA) is 53.1 Å². The van der Waals surface area contributed by atoms with Gasteiger partial charge in [-0.15, -0.1) is 0 Å². The van der Waals surface area contributed by atoms with E-state index in [1.54, 1.807) is 11.8 Å². The third-order valence-electron chi connectivity index (χ3n) is 2.75. The molecule has 1 rings (SSSR count). The lowest BCUT2D eigenvalue weighted by Gasteiger charge is -2.30. The minimum Gasteiger partial charge on any atom is -0.377 e. The minimum absolute atomic E-state index is 0.167. The molecular weight excluding hydrogens is 178 g/mol. The summed E-state index contributed by atoms with van der Waals surface area (Å²) in [4.78, 5) is 0. The van der Waals surface area contributed by atoms with E-state index in [4.69, 9.17) is 10.5 Å². The van der Waals surface area contributed by atoms with Crippen LogP contribution in [0, 0.1) is 6.92 Å². The van der Waals surface area contributed by atoms with Gasteiger partial charge in [0.2, 0.25) is 0 Å². The quantitative estimate of drug-likeness (QED) is 0.791. The van der Waals surface area contributed by atoms with E-state index in [0.29, 0.717) is 0 Å². The van der Waals surface area contributed by atoms with Crippen LogP contribution in [-0.2, 0) is 11.8 Å². The Labute approximate surface area is 85.0 Å². The molecule has 0 aromatic carbocycles. The van der Waals surface area contributed by atoms with E-state index in [-0.39, 0.29) is 11.6 Å². The number of aryl methyl sites for hydroxylation is 2. The van der Waals surface area contributed by atoms with Crippen molar-refractivity contribution in [2.45, 2.75) is 32.4 Å². The second-order valence-electron chi connectivity index (χ2n) is 4.12. The summed E-state index contributed by atoms with van der Waals surface area (Å²) in [6.45, 7) is 5.96. The molecule has 0 radical (unpaired) electrons. The van der Waals surface area contributed by atoms with Crippen molar-refractivity contribution < 1.29 is 4.74 Å². The first-order valence-corrected chi connectivity index (χ1v) is 4.69. The number of rotatable bonds is 3. The molecule has 1 atom stereocenters. The van der Waals surface area contributed by atoms with Gasteiger partial charge in [0.25, 0.3) is 0 Å². The van der Waals surface area contributed by atoms with Gasteiger partial charge in [-0.25, -0.2) is 0 Å². The largest absolute Gasteiger partial charge is 0.377 e. The maximum absolute atomic E-state index is 6.14. The first-order valence-electron chi connectivity index (χ1n) is 4.69. The van der Waals surface area contributed by atoms with Crippen molar-refractivity contribution in [3.05, 3.63) is 17.5 Å². The van der Waals surface area contributed by atoms with Gasteiger partial charge < -0.3 is 10.5 Å². The number of nitrogens with zero attached hydrogens (tertiary/aromatic N) is 2. The third-order valence-corrected chi connectivity index (χ3v) is 2.75. The monoisotopic (exact) mass is 197 g/mol. The van der Waals surface area contributed by atoms with Crippen molar-refractivity contribution in [3.8, 4) is 0 Å². The van der Waals surface area contributed by atoms with Crippen LogP contribution in [0.1, 0.15) is 31.1 Å². The van der Waals surface area contributed by atoms with Gasteiger partial charge >= 0.3 is 0 Å². The van der Waals surface area contributed by atoms with Crippen molar-refractivity contribution in [2.75, 3.05) is 7.11 Å². The van der Waals surface area contributed by atoms with E-state index in [9.17, 15) is 0 Å². The molecule has 0 amide bonds. The lowest BCUT2D eigenvalue weighted by atomic mass is 9.94. The maximum atomic E-state index is 6.14. The molecule has 0 aliphatic heterocycles. The summed E-state index contributed by atoms with van der Waals surface area (Å²) >= 11 is 0. The van der Waals surface area contributed by atoms with E-state index in [1.165, 1.54) is 0 Å². The van der Waals surface area contributed by atoms with Crippen LogP contribution in [0.4, 0.5) is 0 Å². The zero-order chi connectivity index (χ0) is 10.9. The summed E-state index contributed by atoms with van der Waals surface area (Å²) in [6.07, 6.45) is 1.82. The van der Waals surface area contributed by atoms with E-state index in [2.05, 4.69) is 5.10 Å². The highest BCUT2D eigenvalue weighted by Crippen LogP contribution is 2.27. The molecule has 1 aromatic rings. The Morgan fingerprint density at radius 1 is 1.57 bits per heavy atom. The fraction of sp³-hybridized carbons (Fsp3) is 0.700. The van der Waals surface area contributed by atoms with Gasteiger partial charge in [-0.1, -0.05) is 0 Å². The molecule has 0 saturated heterocycles. The molecule has 0 fully saturated rings. The van der Waals surface area contributed by atoms with E-state index < -0.39 is 0 Å². The molecule has 0 aliphatic rings. The van der Waals surface area contributed by atoms with Crippen molar-refractivity contribution in [1.29, 1.82) is 0 Å². The molecular formula is C10H19N3O. The lowest BCUT2D eigenvalue weighted by molar-refractivity contribution is -0.00217. The summed E-state index contributed by atoms with van der Waals surface area (Å²) in [5.41, 5.74) is 7.89. The average Bonchev–Trinajstić information content (AvgIpc) is 2.45. The summed E-state index contributed by atoms with van der Waals surface area (Å²) < 4.78 is 7.17. The molecule has 4 heteroatoms. The number of hydrogen-bond acceptors (Lipinski definition) is 3. The van der Waals surface area contributed by atoms with Crippen LogP contribution in [0.2, 0.25) is 0 Å². The Morgan fingerprint density at radius 2 is 2.14 bits per heavy atom. The first kappa shape index (κ1) is 11.2. The molecule has 80 valence electrons. The average molecular weight is 197 g/mol. The minimum atomic E-state index is -0.376. The lowest BCUT2D eigenvalue weighted by Crippen LogP contribution is -2.38. The van der Waals surface area contributed by atoms with Crippen molar-refractivity contribution in [2.24, 2.45) is 12.8 Å². The number of aromatic nitrogens is 2. The standard InChI is InChI=1S/C10H19N3O/c1-7-6-12-13(4)8(7)9(11)10(2,3)14-5/h6,9H,11H2,1-5H3. The van der Waals surface area contributed by atoms with Gasteiger partial charge in [0.05, 0.1) is 23.5 Å². The predicted molar refractivity (Wildman–Crippen MR) is 56.0 cm³/mol. The fourth-order valence-electron chi connectivity index (χ4n) is 1.46. The molecule has 1 unspecified atom stereocenters. The SMILES string of the molecule is COC(C)(C)C(N)c1c(C)cnn1C. The van der Waals surface area contributed by atoms with Crippen LogP contribution in [0.3, 0.4) is 0 Å². The van der Waals surface area contributed by atoms with Gasteiger partial charge in [-0.3, -0.25) is 4.68 Å². The molecule has 1 heterocycles. The van der Waals surface area contributed by atoms with Crippen LogP contribution >= 0.6 is 0 Å². The van der Waals surface area contributed by atoms with Crippen LogP contribution in [-0.4, -0.2) is 22.5 Å². The van der Waals surface area contributed by atoms with Crippen LogP contribution in [0.5, 0.6) is 0 Å².